The van der Waals surface area contributed by atoms with Crippen molar-refractivity contribution in [2.75, 3.05) is 0 Å². The first-order valence-corrected chi connectivity index (χ1v) is 18.1. The highest BCUT2D eigenvalue weighted by Crippen LogP contribution is 2.65. The first kappa shape index (κ1) is 35.1. The number of benzene rings is 3. The molecule has 3 aliphatic carbocycles. The number of aromatic nitrogens is 2. The Kier molecular flexibility index (Phi) is 9.39. The Bertz CT molecular complexity index is 2000. The Balaban J connectivity index is 1.12. The molecule has 9 nitrogen and oxygen atoms in total. The molecule has 11 heteroatoms. The summed E-state index contributed by atoms with van der Waals surface area (Å²) in [4.78, 5) is 40.3. The van der Waals surface area contributed by atoms with E-state index in [9.17, 15) is 14.4 Å². The van der Waals surface area contributed by atoms with Crippen LogP contribution in [0.3, 0.4) is 0 Å². The third-order valence-electron chi connectivity index (χ3n) is 11.7. The van der Waals surface area contributed by atoms with E-state index >= 15 is 4.39 Å². The molecule has 2 amide bonds. The molecule has 1 aromatic heterocycles. The average Bonchev–Trinajstić information content (AvgIpc) is 3.47. The molecule has 3 aromatic carbocycles. The molecule has 2 heterocycles. The van der Waals surface area contributed by atoms with Crippen LogP contribution in [0.1, 0.15) is 81.1 Å². The third-order valence-corrected chi connectivity index (χ3v) is 11.7. The van der Waals surface area contributed by atoms with Gasteiger partial charge in [-0.2, -0.15) is 5.10 Å². The summed E-state index contributed by atoms with van der Waals surface area (Å²) in [6.45, 7) is 11.0. The molecule has 266 valence electrons. The predicted molar refractivity (Wildman–Crippen MR) is 194 cm³/mol. The number of amides is 2. The van der Waals surface area contributed by atoms with Crippen LogP contribution in [-0.4, -0.2) is 52.8 Å². The van der Waals surface area contributed by atoms with Crippen LogP contribution in [0.5, 0.6) is 0 Å². The lowest BCUT2D eigenvalue weighted by Gasteiger charge is -2.64. The lowest BCUT2D eigenvalue weighted by Crippen LogP contribution is -2.65. The molecule has 6 atom stereocenters. The summed E-state index contributed by atoms with van der Waals surface area (Å²) < 4.78 is 28.7. The number of aromatic amines is 1. The highest BCUT2D eigenvalue weighted by Gasteiger charge is 2.68. The van der Waals surface area contributed by atoms with E-state index in [1.807, 2.05) is 42.5 Å². The number of carbonyl (C=O) groups excluding carboxylic acids is 2. The number of nitrogens with one attached hydrogen (secondary N) is 3. The Morgan fingerprint density at radius 3 is 2.43 bits per heavy atom. The third kappa shape index (κ3) is 6.74. The van der Waals surface area contributed by atoms with Crippen LogP contribution >= 0.6 is 0 Å². The SMILES string of the molecule is CC(C)C[C@H](NC(=O)[C@H](Cc1ccccc1)NC(=O)c1cc(Cc2n[nH]c(=O)c3ccccc23)ccc1F)B1O[C@@H]2C[C@@H]3C[C@@H](C3(C)C)[C@]2(C)O1. The molecule has 0 unspecified atom stereocenters. The minimum atomic E-state index is -1.01. The fourth-order valence-electron chi connectivity index (χ4n) is 8.75. The summed E-state index contributed by atoms with van der Waals surface area (Å²) in [6, 6.07) is 19.8. The van der Waals surface area contributed by atoms with Crippen molar-refractivity contribution in [2.24, 2.45) is 23.2 Å². The second kappa shape index (κ2) is 13.7. The van der Waals surface area contributed by atoms with Crippen LogP contribution in [0.15, 0.2) is 77.6 Å². The van der Waals surface area contributed by atoms with Gasteiger partial charge in [-0.3, -0.25) is 14.4 Å². The molecule has 0 radical (unpaired) electrons. The van der Waals surface area contributed by atoms with E-state index in [0.29, 0.717) is 40.3 Å². The molecule has 8 rings (SSSR count). The average molecular weight is 693 g/mol. The largest absolute Gasteiger partial charge is 0.481 e. The molecule has 1 saturated heterocycles. The minimum absolute atomic E-state index is 0.0368. The number of H-pyrrole nitrogens is 1. The zero-order valence-electron chi connectivity index (χ0n) is 29.9. The van der Waals surface area contributed by atoms with Crippen molar-refractivity contribution >= 4 is 29.7 Å². The van der Waals surface area contributed by atoms with Gasteiger partial charge >= 0.3 is 7.12 Å². The van der Waals surface area contributed by atoms with Crippen LogP contribution in [0, 0.1) is 29.0 Å². The summed E-state index contributed by atoms with van der Waals surface area (Å²) in [5.74, 6) is -1.06. The molecule has 4 aliphatic rings. The van der Waals surface area contributed by atoms with Crippen molar-refractivity contribution in [3.05, 3.63) is 111 Å². The zero-order chi connectivity index (χ0) is 36.1. The highest BCUT2D eigenvalue weighted by molar-refractivity contribution is 6.48. The minimum Gasteiger partial charge on any atom is -0.404 e. The monoisotopic (exact) mass is 692 g/mol. The van der Waals surface area contributed by atoms with Crippen LogP contribution < -0.4 is 16.2 Å². The van der Waals surface area contributed by atoms with E-state index < -0.39 is 42.3 Å². The van der Waals surface area contributed by atoms with Crippen LogP contribution in [0.2, 0.25) is 0 Å². The van der Waals surface area contributed by atoms with Gasteiger partial charge in [0.1, 0.15) is 11.9 Å². The second-order valence-electron chi connectivity index (χ2n) is 15.8. The smallest absolute Gasteiger partial charge is 0.404 e. The molecule has 51 heavy (non-hydrogen) atoms. The topological polar surface area (TPSA) is 122 Å². The standard InChI is InChI=1S/C40H46BFN4O5/c1-23(2)17-35(41-50-34-22-26-21-33(39(26,3)4)40(34,5)51-41)44-38(49)32(19-24-11-7-6-8-12-24)43-36(47)29-18-25(15-16-30(29)42)20-31-27-13-9-10-14-28(27)37(48)46-45-31/h6-16,18,23,26,32-35H,17,19-22H2,1-5H3,(H,43,47)(H,44,49)(H,46,48)/t26-,32-,33-,34+,35-,40-/m0/s1. The Labute approximate surface area is 298 Å². The molecule has 1 aliphatic heterocycles. The maximum atomic E-state index is 15.3. The van der Waals surface area contributed by atoms with Crippen molar-refractivity contribution in [3.8, 4) is 0 Å². The number of hydrogen-bond donors (Lipinski definition) is 3. The van der Waals surface area contributed by atoms with E-state index in [4.69, 9.17) is 9.31 Å². The van der Waals surface area contributed by atoms with Gasteiger partial charge < -0.3 is 19.9 Å². The van der Waals surface area contributed by atoms with E-state index in [2.05, 4.69) is 55.4 Å². The fourth-order valence-corrected chi connectivity index (χ4v) is 8.75. The second-order valence-corrected chi connectivity index (χ2v) is 15.8. The summed E-state index contributed by atoms with van der Waals surface area (Å²) in [5.41, 5.74) is 1.32. The van der Waals surface area contributed by atoms with E-state index in [-0.39, 0.29) is 41.4 Å². The lowest BCUT2D eigenvalue weighted by molar-refractivity contribution is -0.199. The maximum absolute atomic E-state index is 15.3. The van der Waals surface area contributed by atoms with Gasteiger partial charge in [-0.25, -0.2) is 9.49 Å². The van der Waals surface area contributed by atoms with E-state index in [0.717, 1.165) is 18.4 Å². The quantitative estimate of drug-likeness (QED) is 0.171. The Morgan fingerprint density at radius 1 is 0.980 bits per heavy atom. The molecule has 4 aromatic rings. The van der Waals surface area contributed by atoms with Crippen molar-refractivity contribution in [3.63, 3.8) is 0 Å². The van der Waals surface area contributed by atoms with Gasteiger partial charge in [0.05, 0.1) is 34.3 Å². The van der Waals surface area contributed by atoms with Gasteiger partial charge in [0.2, 0.25) is 5.91 Å². The number of nitrogens with zero attached hydrogens (tertiary/aromatic N) is 1. The predicted octanol–water partition coefficient (Wildman–Crippen LogP) is 5.79. The fraction of sp³-hybridized carbons (Fsp3) is 0.450. The van der Waals surface area contributed by atoms with E-state index in [1.54, 1.807) is 18.2 Å². The summed E-state index contributed by atoms with van der Waals surface area (Å²) in [7, 11) is -0.624. The number of rotatable bonds is 11. The molecule has 2 bridgehead atoms. The van der Waals surface area contributed by atoms with Crippen LogP contribution in [0.25, 0.3) is 10.8 Å². The van der Waals surface area contributed by atoms with Gasteiger partial charge in [0.15, 0.2) is 0 Å². The van der Waals surface area contributed by atoms with Gasteiger partial charge in [0, 0.05) is 18.2 Å². The summed E-state index contributed by atoms with van der Waals surface area (Å²) in [5, 5.41) is 14.0. The van der Waals surface area contributed by atoms with Gasteiger partial charge in [-0.05, 0) is 78.7 Å². The highest BCUT2D eigenvalue weighted by atomic mass is 19.1. The zero-order valence-corrected chi connectivity index (χ0v) is 29.9. The number of carbonyl (C=O) groups is 2. The molecular formula is C40H46BFN4O5. The van der Waals surface area contributed by atoms with Crippen LogP contribution in [-0.2, 0) is 26.9 Å². The Hall–Kier alpha value is -4.35. The molecule has 3 N–H and O–H groups in total. The van der Waals surface area contributed by atoms with Gasteiger partial charge in [-0.1, -0.05) is 82.3 Å². The molecular weight excluding hydrogens is 646 g/mol. The number of fused-ring (bicyclic) bond motifs is 1. The first-order chi connectivity index (χ1) is 24.3. The molecule has 0 spiro atoms. The summed E-state index contributed by atoms with van der Waals surface area (Å²) in [6.07, 6.45) is 3.09. The number of hydrogen-bond acceptors (Lipinski definition) is 6. The molecule has 4 fully saturated rings. The van der Waals surface area contributed by atoms with Crippen molar-refractivity contribution in [1.29, 1.82) is 0 Å². The van der Waals surface area contributed by atoms with E-state index in [1.165, 1.54) is 12.1 Å². The van der Waals surface area contributed by atoms with Gasteiger partial charge in [-0.15, -0.1) is 0 Å². The van der Waals surface area contributed by atoms with Crippen LogP contribution in [0.4, 0.5) is 4.39 Å². The maximum Gasteiger partial charge on any atom is 0.481 e. The Morgan fingerprint density at radius 2 is 1.71 bits per heavy atom. The first-order valence-electron chi connectivity index (χ1n) is 18.1. The molecule has 3 saturated carbocycles. The number of halogens is 1. The van der Waals surface area contributed by atoms with Crippen molar-refractivity contribution in [2.45, 2.75) is 90.4 Å². The van der Waals surface area contributed by atoms with Crippen molar-refractivity contribution < 1.29 is 23.3 Å². The lowest BCUT2D eigenvalue weighted by atomic mass is 9.43. The summed E-state index contributed by atoms with van der Waals surface area (Å²) >= 11 is 0. The van der Waals surface area contributed by atoms with Gasteiger partial charge in [0.25, 0.3) is 11.5 Å². The van der Waals surface area contributed by atoms with Crippen molar-refractivity contribution in [1.82, 2.24) is 20.8 Å². The normalized spacial score (nSPS) is 24.5.